The van der Waals surface area contributed by atoms with E-state index in [1.165, 1.54) is 44.4 Å². The van der Waals surface area contributed by atoms with Crippen LogP contribution in [0.1, 0.15) is 61.5 Å². The number of amides is 1. The molecule has 6 rings (SSSR count). The Morgan fingerprint density at radius 2 is 1.85 bits per heavy atom. The Kier molecular flexibility index (Phi) is 17.3. The van der Waals surface area contributed by atoms with E-state index in [0.717, 1.165) is 7.11 Å². The highest BCUT2D eigenvalue weighted by atomic mass is 33.1. The number of aromatic nitrogens is 2. The van der Waals surface area contributed by atoms with Gasteiger partial charge in [-0.3, -0.25) is 14.9 Å². The fraction of sp³-hybridized carbons (Fsp3) is 0.468. The van der Waals surface area contributed by atoms with Crippen LogP contribution in [0.15, 0.2) is 59.3 Å². The van der Waals surface area contributed by atoms with E-state index < -0.39 is 98.0 Å². The van der Waals surface area contributed by atoms with Crippen LogP contribution in [-0.4, -0.2) is 148 Å². The molecule has 3 aliphatic rings. The van der Waals surface area contributed by atoms with Crippen LogP contribution >= 0.6 is 0 Å². The van der Waals surface area contributed by atoms with Crippen molar-refractivity contribution >= 4 is 75.0 Å². The second-order valence-electron chi connectivity index (χ2n) is 16.7. The Hall–Kier alpha value is -5.14. The number of carbonyl (C=O) groups excluding carboxylic acids is 3. The highest BCUT2D eigenvalue weighted by Crippen LogP contribution is 2.39. The molecule has 364 valence electrons. The Morgan fingerprint density at radius 1 is 1.12 bits per heavy atom. The van der Waals surface area contributed by atoms with E-state index in [9.17, 15) is 39.6 Å². The normalized spacial score (nSPS) is 26.6. The molecule has 7 N–H and O–H groups in total. The molecule has 0 saturated carbocycles. The molecule has 1 amide bonds. The van der Waals surface area contributed by atoms with Gasteiger partial charge in [-0.15, -0.1) is 5.92 Å². The highest BCUT2D eigenvalue weighted by molar-refractivity contribution is 8.56. The zero-order valence-electron chi connectivity index (χ0n) is 38.3. The van der Waals surface area contributed by atoms with Gasteiger partial charge in [0.1, 0.15) is 29.3 Å². The van der Waals surface area contributed by atoms with E-state index in [2.05, 4.69) is 44.3 Å². The minimum Gasteiger partial charge on any atom is -0.508 e. The molecule has 21 heteroatoms. The van der Waals surface area contributed by atoms with Gasteiger partial charge in [-0.05, 0) is 84.5 Å². The number of fused-ring (bicyclic) bond motifs is 3. The SMILES string of the molecule is CC#C/C=C\C#C[C@H](OC1OC(C)C(C(=O)c2nc(C(=O)O)cc3c2[nH]c2ccc(O)cc23)C(O)C1OC1CC(OC)C(NC(C)C)CO1)C1=C(NC(=O)OC)C(=O)C[C@H](O)/C1=C/CS(C)(=S)=S. The van der Waals surface area contributed by atoms with Gasteiger partial charge in [0.05, 0.1) is 61.3 Å². The molecule has 18 nitrogen and oxygen atoms in total. The van der Waals surface area contributed by atoms with Gasteiger partial charge in [0, 0.05) is 53.6 Å². The van der Waals surface area contributed by atoms with Crippen molar-refractivity contribution in [1.82, 2.24) is 20.6 Å². The summed E-state index contributed by atoms with van der Waals surface area (Å²) < 4.78 is 36.6. The molecule has 4 heterocycles. The van der Waals surface area contributed by atoms with Crippen LogP contribution < -0.4 is 10.6 Å². The summed E-state index contributed by atoms with van der Waals surface area (Å²) in [6.45, 7) is 7.19. The maximum atomic E-state index is 15.0. The summed E-state index contributed by atoms with van der Waals surface area (Å²) in [6.07, 6.45) is -5.99. The number of aliphatic hydroxyl groups excluding tert-OH is 2. The number of rotatable bonds is 14. The number of aromatic amines is 1. The molecule has 0 bridgehead atoms. The van der Waals surface area contributed by atoms with Gasteiger partial charge in [0.25, 0.3) is 0 Å². The van der Waals surface area contributed by atoms with Crippen molar-refractivity contribution in [3.63, 3.8) is 0 Å². The largest absolute Gasteiger partial charge is 0.508 e. The molecule has 0 spiro atoms. The number of aromatic hydroxyl groups is 1. The number of phenols is 1. The number of carboxylic acid groups (broad SMARTS) is 1. The molecule has 8 unspecified atom stereocenters. The van der Waals surface area contributed by atoms with Crippen molar-refractivity contribution in [3.05, 3.63) is 70.7 Å². The first-order chi connectivity index (χ1) is 32.2. The summed E-state index contributed by atoms with van der Waals surface area (Å²) in [5.41, 5.74) is -0.474. The topological polar surface area (TPSA) is 257 Å². The molecule has 2 saturated heterocycles. The highest BCUT2D eigenvalue weighted by Gasteiger charge is 2.52. The van der Waals surface area contributed by atoms with E-state index >= 15 is 0 Å². The minimum absolute atomic E-state index is 0.0761. The standard InChI is InChI=1S/C47H54N4O14S3/c1-8-9-10-11-12-13-34(38-26(16-17-68(7,66)67)32(53)20-33(54)40(38)51-47(59)61-6)64-46-44(65-36-21-35(60-5)31(22-62-36)48-23(2)3)43(56)37(24(4)63-46)42(55)41-39-28(19-30(50-41)45(57)58)27-18-25(52)14-15-29(27)49-39/h10-11,14-16,18-19,23-24,31-32,34-37,43-44,46,48-49,52-53,56H,17,20-22H2,1-7H3,(H,51,59)(H,57,58)/b11-10-,26-16-/t24?,31?,32-,34-,35?,36?,37?,43?,44?,46?/m0/s1. The first kappa shape index (κ1) is 52.2. The van der Waals surface area contributed by atoms with E-state index in [0.29, 0.717) is 10.9 Å². The number of methoxy groups -OCH3 is 2. The number of phenolic OH excluding ortho intramolecular Hbond substituents is 1. The molecule has 68 heavy (non-hydrogen) atoms. The number of nitrogens with one attached hydrogen (secondary N) is 3. The van der Waals surface area contributed by atoms with E-state index in [-0.39, 0.29) is 70.1 Å². The maximum absolute atomic E-state index is 15.0. The van der Waals surface area contributed by atoms with Gasteiger partial charge < -0.3 is 59.1 Å². The molecular formula is C47H54N4O14S3. The quantitative estimate of drug-likeness (QED) is 0.0905. The molecule has 1 aromatic carbocycles. The summed E-state index contributed by atoms with van der Waals surface area (Å²) in [7, 11) is 0.576. The molecule has 3 aromatic rings. The van der Waals surface area contributed by atoms with Crippen molar-refractivity contribution in [2.45, 2.75) is 102 Å². The summed E-state index contributed by atoms with van der Waals surface area (Å²) in [5, 5.41) is 51.1. The monoisotopic (exact) mass is 994 g/mol. The van der Waals surface area contributed by atoms with Crippen molar-refractivity contribution in [1.29, 1.82) is 0 Å². The van der Waals surface area contributed by atoms with Crippen LogP contribution in [0.3, 0.4) is 0 Å². The lowest BCUT2D eigenvalue weighted by atomic mass is 9.83. The first-order valence-electron chi connectivity index (χ1n) is 21.5. The van der Waals surface area contributed by atoms with Crippen LogP contribution in [0.4, 0.5) is 4.79 Å². The molecule has 2 aromatic heterocycles. The van der Waals surface area contributed by atoms with Crippen molar-refractivity contribution in [2.24, 2.45) is 5.92 Å². The number of pyridine rings is 1. The number of alkyl carbamates (subject to hydrolysis) is 1. The summed E-state index contributed by atoms with van der Waals surface area (Å²) in [6, 6.07) is 5.51. The van der Waals surface area contributed by atoms with Gasteiger partial charge in [-0.2, -0.15) is 0 Å². The average molecular weight is 995 g/mol. The number of nitrogens with zero attached hydrogens (tertiary/aromatic N) is 1. The summed E-state index contributed by atoms with van der Waals surface area (Å²) >= 11 is 11.1. The van der Waals surface area contributed by atoms with Gasteiger partial charge in [-0.25, -0.2) is 14.6 Å². The van der Waals surface area contributed by atoms with E-state index in [1.54, 1.807) is 25.3 Å². The number of H-pyrrole nitrogens is 1. The Labute approximate surface area is 402 Å². The molecule has 2 fully saturated rings. The summed E-state index contributed by atoms with van der Waals surface area (Å²) in [4.78, 5) is 61.4. The Morgan fingerprint density at radius 3 is 2.51 bits per heavy atom. The zero-order valence-corrected chi connectivity index (χ0v) is 40.7. The number of carboxylic acids is 1. The number of ketones is 2. The zero-order chi connectivity index (χ0) is 49.6. The van der Waals surface area contributed by atoms with Crippen LogP contribution in [0.25, 0.3) is 21.8 Å². The van der Waals surface area contributed by atoms with Crippen molar-refractivity contribution in [2.75, 3.05) is 32.8 Å². The van der Waals surface area contributed by atoms with Crippen molar-refractivity contribution < 1.29 is 68.0 Å². The lowest BCUT2D eigenvalue weighted by Crippen LogP contribution is -2.60. The number of aromatic carboxylic acids is 1. The molecule has 0 radical (unpaired) electrons. The third-order valence-electron chi connectivity index (χ3n) is 11.4. The second-order valence-corrected chi connectivity index (χ2v) is 23.9. The minimum atomic E-state index is -2.07. The number of carbonyl (C=O) groups is 4. The molecule has 10 atom stereocenters. The fourth-order valence-electron chi connectivity index (χ4n) is 8.34. The molecule has 2 aliphatic heterocycles. The van der Waals surface area contributed by atoms with Crippen LogP contribution in [-0.2, 0) is 62.7 Å². The number of Topliss-reactive ketones (excluding diaryl/α,β-unsaturated/α-hetero) is 2. The predicted molar refractivity (Wildman–Crippen MR) is 257 cm³/mol. The summed E-state index contributed by atoms with van der Waals surface area (Å²) in [5.74, 6) is 6.82. The van der Waals surface area contributed by atoms with Crippen LogP contribution in [0, 0.1) is 29.6 Å². The van der Waals surface area contributed by atoms with E-state index in [4.69, 9.17) is 50.8 Å². The number of hydrogen-bond donors (Lipinski definition) is 7. The number of allylic oxidation sites excluding steroid dienone is 3. The lowest BCUT2D eigenvalue weighted by Gasteiger charge is -2.46. The lowest BCUT2D eigenvalue weighted by molar-refractivity contribution is -0.327. The maximum Gasteiger partial charge on any atom is 0.411 e. The van der Waals surface area contributed by atoms with Gasteiger partial charge >= 0.3 is 12.1 Å². The van der Waals surface area contributed by atoms with Gasteiger partial charge in [0.2, 0.25) is 0 Å². The third-order valence-corrected chi connectivity index (χ3v) is 13.0. The fourth-order valence-corrected chi connectivity index (χ4v) is 9.23. The van der Waals surface area contributed by atoms with Crippen molar-refractivity contribution in [3.8, 4) is 29.4 Å². The molecule has 1 aliphatic carbocycles. The van der Waals surface area contributed by atoms with Gasteiger partial charge in [-0.1, -0.05) is 44.8 Å². The average Bonchev–Trinajstić information content (AvgIpc) is 3.64. The number of benzene rings is 1. The predicted octanol–water partition coefficient (Wildman–Crippen LogP) is 3.08. The number of hydrogen-bond acceptors (Lipinski definition) is 17. The second kappa shape index (κ2) is 22.5. The Bertz CT molecular complexity index is 2780. The Balaban J connectivity index is 1.50. The number of aliphatic hydroxyl groups is 2. The molecular weight excluding hydrogens is 941 g/mol. The number of ether oxygens (including phenoxy) is 6. The smallest absolute Gasteiger partial charge is 0.411 e. The first-order valence-corrected chi connectivity index (χ1v) is 25.6. The third kappa shape index (κ3) is 12.2. The van der Waals surface area contributed by atoms with Crippen LogP contribution in [0.5, 0.6) is 5.75 Å². The van der Waals surface area contributed by atoms with Gasteiger partial charge in [0.15, 0.2) is 24.1 Å². The van der Waals surface area contributed by atoms with Crippen LogP contribution in [0.2, 0.25) is 0 Å². The van der Waals surface area contributed by atoms with E-state index in [1.807, 2.05) is 13.8 Å².